The lowest BCUT2D eigenvalue weighted by atomic mass is 9.44. The quantitative estimate of drug-likeness (QED) is 0.430. The molecule has 2 N–H and O–H groups in total. The molecule has 184 valence electrons. The van der Waals surface area contributed by atoms with E-state index in [1.54, 1.807) is 6.92 Å². The Hall–Kier alpha value is -0.570. The van der Waals surface area contributed by atoms with Gasteiger partial charge in [0.05, 0.1) is 6.61 Å². The van der Waals surface area contributed by atoms with Crippen LogP contribution in [-0.2, 0) is 9.53 Å². The van der Waals surface area contributed by atoms with Crippen LogP contribution in [0.15, 0.2) is 0 Å². The molecule has 32 heavy (non-hydrogen) atoms. The monoisotopic (exact) mass is 445 g/mol. The molecule has 4 saturated carbocycles. The number of nitrogens with two attached hydrogens (primary N) is 1. The minimum Gasteiger partial charge on any atom is -0.465 e. The molecule has 3 nitrogen and oxygen atoms in total. The largest absolute Gasteiger partial charge is 0.465 e. The zero-order valence-electron chi connectivity index (χ0n) is 21.7. The molecular weight excluding hydrogens is 394 g/mol. The van der Waals surface area contributed by atoms with Gasteiger partial charge in [-0.15, -0.1) is 0 Å². The number of hydrogen-bond donors (Lipinski definition) is 1. The summed E-state index contributed by atoms with van der Waals surface area (Å²) in [4.78, 5) is 11.8. The second kappa shape index (κ2) is 9.59. The number of ether oxygens (including phenoxy) is 1. The van der Waals surface area contributed by atoms with Crippen molar-refractivity contribution in [3.05, 3.63) is 0 Å². The number of rotatable bonds is 7. The Bertz CT molecular complexity index is 662. The van der Waals surface area contributed by atoms with Crippen molar-refractivity contribution in [2.45, 2.75) is 118 Å². The molecule has 4 rings (SSSR count). The van der Waals surface area contributed by atoms with Gasteiger partial charge in [0, 0.05) is 18.4 Å². The first kappa shape index (κ1) is 24.6. The Kier molecular flexibility index (Phi) is 7.36. The van der Waals surface area contributed by atoms with Crippen molar-refractivity contribution in [1.82, 2.24) is 0 Å². The molecule has 4 aliphatic rings. The van der Waals surface area contributed by atoms with E-state index in [0.29, 0.717) is 24.0 Å². The Morgan fingerprint density at radius 2 is 1.78 bits per heavy atom. The van der Waals surface area contributed by atoms with Crippen LogP contribution in [-0.4, -0.2) is 18.6 Å². The molecule has 0 radical (unpaired) electrons. The van der Waals surface area contributed by atoms with Gasteiger partial charge in [-0.1, -0.05) is 47.0 Å². The molecule has 0 unspecified atom stereocenters. The Balaban J connectivity index is 1.51. The van der Waals surface area contributed by atoms with Crippen LogP contribution in [0.5, 0.6) is 0 Å². The topological polar surface area (TPSA) is 52.3 Å². The van der Waals surface area contributed by atoms with Gasteiger partial charge in [0.2, 0.25) is 0 Å². The molecule has 0 heterocycles. The summed E-state index contributed by atoms with van der Waals surface area (Å²) in [5.74, 6) is 5.60. The summed E-state index contributed by atoms with van der Waals surface area (Å²) >= 11 is 0. The first-order valence-corrected chi connectivity index (χ1v) is 14.1. The van der Waals surface area contributed by atoms with E-state index in [1.165, 1.54) is 64.2 Å². The van der Waals surface area contributed by atoms with Crippen LogP contribution in [0.4, 0.5) is 0 Å². The summed E-state index contributed by atoms with van der Waals surface area (Å²) in [5.41, 5.74) is 7.16. The van der Waals surface area contributed by atoms with E-state index in [2.05, 4.69) is 27.7 Å². The Morgan fingerprint density at radius 3 is 2.50 bits per heavy atom. The summed E-state index contributed by atoms with van der Waals surface area (Å²) in [6.45, 7) is 12.2. The SMILES string of the molecule is CC(=O)OC[C@]12CC[C@@H](N)C[C@@H]1CC[C@H]1[C@@H]3CC[C@H]([C@H](C)CCCC(C)C)[C@@]3(C)CC[C@@H]12. The smallest absolute Gasteiger partial charge is 0.302 e. The van der Waals surface area contributed by atoms with Crippen molar-refractivity contribution in [1.29, 1.82) is 0 Å². The van der Waals surface area contributed by atoms with E-state index < -0.39 is 0 Å². The minimum atomic E-state index is -0.105. The second-order valence-electron chi connectivity index (χ2n) is 13.2. The average Bonchev–Trinajstić information content (AvgIpc) is 3.09. The van der Waals surface area contributed by atoms with E-state index in [4.69, 9.17) is 10.5 Å². The highest BCUT2D eigenvalue weighted by Crippen LogP contribution is 2.68. The fraction of sp³-hybridized carbons (Fsp3) is 0.966. The lowest BCUT2D eigenvalue weighted by Gasteiger charge is -2.62. The Morgan fingerprint density at radius 1 is 1.00 bits per heavy atom. The second-order valence-corrected chi connectivity index (χ2v) is 13.2. The maximum Gasteiger partial charge on any atom is 0.302 e. The third kappa shape index (κ3) is 4.41. The molecule has 0 saturated heterocycles. The third-order valence-electron chi connectivity index (χ3n) is 11.2. The molecule has 0 bridgehead atoms. The third-order valence-corrected chi connectivity index (χ3v) is 11.2. The maximum absolute atomic E-state index is 11.8. The molecule has 0 aliphatic heterocycles. The van der Waals surface area contributed by atoms with Gasteiger partial charge in [-0.3, -0.25) is 4.79 Å². The minimum absolute atomic E-state index is 0.105. The van der Waals surface area contributed by atoms with E-state index in [9.17, 15) is 4.79 Å². The summed E-state index contributed by atoms with van der Waals surface area (Å²) in [5, 5.41) is 0. The van der Waals surface area contributed by atoms with Crippen molar-refractivity contribution >= 4 is 5.97 Å². The lowest BCUT2D eigenvalue weighted by Crippen LogP contribution is -2.57. The van der Waals surface area contributed by atoms with Gasteiger partial charge in [-0.25, -0.2) is 0 Å². The van der Waals surface area contributed by atoms with Crippen LogP contribution in [0, 0.1) is 52.3 Å². The predicted molar refractivity (Wildman–Crippen MR) is 132 cm³/mol. The molecule has 4 fully saturated rings. The van der Waals surface area contributed by atoms with Crippen molar-refractivity contribution in [2.24, 2.45) is 58.0 Å². The normalized spacial score (nSPS) is 44.5. The number of carbonyl (C=O) groups excluding carboxylic acids is 1. The average molecular weight is 446 g/mol. The number of hydrogen-bond acceptors (Lipinski definition) is 3. The Labute approximate surface area is 198 Å². The van der Waals surface area contributed by atoms with Crippen molar-refractivity contribution < 1.29 is 9.53 Å². The van der Waals surface area contributed by atoms with E-state index in [-0.39, 0.29) is 11.4 Å². The first-order valence-electron chi connectivity index (χ1n) is 14.1. The zero-order chi connectivity index (χ0) is 23.1. The molecule has 0 aromatic rings. The molecule has 0 spiro atoms. The highest BCUT2D eigenvalue weighted by atomic mass is 16.5. The van der Waals surface area contributed by atoms with Gasteiger partial charge in [0.1, 0.15) is 0 Å². The number of fused-ring (bicyclic) bond motifs is 5. The molecular formula is C29H51NO2. The predicted octanol–water partition coefficient (Wildman–Crippen LogP) is 6.98. The highest BCUT2D eigenvalue weighted by molar-refractivity contribution is 5.65. The van der Waals surface area contributed by atoms with Crippen LogP contribution in [0.25, 0.3) is 0 Å². The van der Waals surface area contributed by atoms with Gasteiger partial charge in [-0.2, -0.15) is 0 Å². The lowest BCUT2D eigenvalue weighted by molar-refractivity contribution is -0.169. The summed E-state index contributed by atoms with van der Waals surface area (Å²) in [6.07, 6.45) is 15.9. The van der Waals surface area contributed by atoms with Crippen LogP contribution in [0.2, 0.25) is 0 Å². The van der Waals surface area contributed by atoms with Gasteiger partial charge in [-0.05, 0) is 105 Å². The van der Waals surface area contributed by atoms with E-state index in [1.807, 2.05) is 0 Å². The van der Waals surface area contributed by atoms with Gasteiger partial charge >= 0.3 is 5.97 Å². The molecule has 9 atom stereocenters. The van der Waals surface area contributed by atoms with Gasteiger partial charge < -0.3 is 10.5 Å². The van der Waals surface area contributed by atoms with Crippen LogP contribution in [0.3, 0.4) is 0 Å². The fourth-order valence-corrected chi connectivity index (χ4v) is 9.62. The molecule has 0 aromatic carbocycles. The van der Waals surface area contributed by atoms with E-state index >= 15 is 0 Å². The summed E-state index contributed by atoms with van der Waals surface area (Å²) in [7, 11) is 0. The standard InChI is InChI=1S/C29H51NO2/c1-19(2)7-6-8-20(3)25-11-12-26-24-10-9-22-17-23(30)13-16-29(22,18-32-21(4)31)27(24)14-15-28(25,26)5/h19-20,22-27H,6-18,30H2,1-5H3/t20-,22+,23-,24+,25-,26+,27+,28-,29-/m1/s1. The molecule has 0 aromatic heterocycles. The van der Waals surface area contributed by atoms with E-state index in [0.717, 1.165) is 48.3 Å². The van der Waals surface area contributed by atoms with Crippen molar-refractivity contribution in [3.63, 3.8) is 0 Å². The molecule has 0 amide bonds. The zero-order valence-corrected chi connectivity index (χ0v) is 21.7. The fourth-order valence-electron chi connectivity index (χ4n) is 9.62. The van der Waals surface area contributed by atoms with Crippen LogP contribution in [0.1, 0.15) is 112 Å². The van der Waals surface area contributed by atoms with Crippen LogP contribution >= 0.6 is 0 Å². The molecule has 3 heteroatoms. The number of esters is 1. The number of carbonyl (C=O) groups is 1. The maximum atomic E-state index is 11.8. The molecule has 4 aliphatic carbocycles. The highest BCUT2D eigenvalue weighted by Gasteiger charge is 2.62. The summed E-state index contributed by atoms with van der Waals surface area (Å²) in [6, 6.07) is 0.346. The van der Waals surface area contributed by atoms with Crippen molar-refractivity contribution in [2.75, 3.05) is 6.61 Å². The van der Waals surface area contributed by atoms with Crippen LogP contribution < -0.4 is 5.73 Å². The van der Waals surface area contributed by atoms with Gasteiger partial charge in [0.15, 0.2) is 0 Å². The van der Waals surface area contributed by atoms with Gasteiger partial charge in [0.25, 0.3) is 0 Å². The van der Waals surface area contributed by atoms with Crippen molar-refractivity contribution in [3.8, 4) is 0 Å². The summed E-state index contributed by atoms with van der Waals surface area (Å²) < 4.78 is 5.81. The first-order chi connectivity index (χ1) is 15.2.